The van der Waals surface area contributed by atoms with E-state index >= 15 is 0 Å². The molecule has 0 bridgehead atoms. The summed E-state index contributed by atoms with van der Waals surface area (Å²) in [7, 11) is 0. The zero-order valence-electron chi connectivity index (χ0n) is 16.4. The van der Waals surface area contributed by atoms with Gasteiger partial charge in [0.2, 0.25) is 11.9 Å². The van der Waals surface area contributed by atoms with Crippen molar-refractivity contribution in [2.45, 2.75) is 44.9 Å². The van der Waals surface area contributed by atoms with Gasteiger partial charge in [0, 0.05) is 12.1 Å². The Balaban J connectivity index is 0.000000296. The number of thioether (sulfide) groups is 1. The van der Waals surface area contributed by atoms with E-state index < -0.39 is 11.7 Å². The van der Waals surface area contributed by atoms with Crippen LogP contribution >= 0.6 is 46.6 Å². The Morgan fingerprint density at radius 2 is 1.45 bits per heavy atom. The molecule has 2 aromatic rings. The van der Waals surface area contributed by atoms with Crippen molar-refractivity contribution >= 4 is 70.1 Å². The van der Waals surface area contributed by atoms with Gasteiger partial charge >= 0.3 is 5.97 Å². The van der Waals surface area contributed by atoms with Crippen LogP contribution in [-0.4, -0.2) is 49.4 Å². The number of halogens is 3. The maximum Gasteiger partial charge on any atom is 0.356 e. The Labute approximate surface area is 188 Å². The van der Waals surface area contributed by atoms with Crippen molar-refractivity contribution in [2.75, 3.05) is 22.6 Å². The maximum atomic E-state index is 10.5. The number of nitrogen functional groups attached to an aromatic ring is 1. The van der Waals surface area contributed by atoms with Crippen molar-refractivity contribution in [3.63, 3.8) is 0 Å². The Kier molecular flexibility index (Phi) is 9.97. The van der Waals surface area contributed by atoms with Gasteiger partial charge in [0.15, 0.2) is 16.0 Å². The lowest BCUT2D eigenvalue weighted by Gasteiger charge is -2.12. The van der Waals surface area contributed by atoms with E-state index in [0.717, 1.165) is 5.16 Å². The Hall–Kier alpha value is -1.75. The number of hydrogen-bond donors (Lipinski definition) is 4. The minimum Gasteiger partial charge on any atom is -0.476 e. The predicted molar refractivity (Wildman–Crippen MR) is 120 cm³/mol. The molecule has 0 atom stereocenters. The number of carboxylic acid groups (broad SMARTS) is 1. The van der Waals surface area contributed by atoms with Crippen molar-refractivity contribution in [1.29, 1.82) is 0 Å². The fraction of sp³-hybridized carbons (Fsp3) is 0.438. The molecule has 160 valence electrons. The first-order valence-electron chi connectivity index (χ1n) is 8.32. The first-order valence-corrected chi connectivity index (χ1v) is 10.7. The van der Waals surface area contributed by atoms with Gasteiger partial charge in [-0.15, -0.1) is 0 Å². The van der Waals surface area contributed by atoms with E-state index in [0.29, 0.717) is 24.0 Å². The van der Waals surface area contributed by atoms with Crippen molar-refractivity contribution < 1.29 is 9.90 Å². The molecular formula is C16H22Cl3N7O2S. The van der Waals surface area contributed by atoms with Crippen LogP contribution in [0.4, 0.5) is 17.6 Å². The molecule has 9 nitrogen and oxygen atoms in total. The number of nitrogens with two attached hydrogens (primary N) is 1. The highest BCUT2D eigenvalue weighted by Crippen LogP contribution is 2.34. The molecule has 0 aliphatic carbocycles. The van der Waals surface area contributed by atoms with Crippen LogP contribution in [0, 0.1) is 0 Å². The summed E-state index contributed by atoms with van der Waals surface area (Å²) in [4.78, 5) is 26.9. The number of aromatic carboxylic acids is 1. The molecular weight excluding hydrogens is 461 g/mol. The summed E-state index contributed by atoms with van der Waals surface area (Å²) in [6.45, 7) is 8.21. The molecule has 13 heteroatoms. The van der Waals surface area contributed by atoms with Gasteiger partial charge in [-0.05, 0) is 34.0 Å². The third kappa shape index (κ3) is 7.88. The van der Waals surface area contributed by atoms with Gasteiger partial charge in [0.25, 0.3) is 0 Å². The van der Waals surface area contributed by atoms with Crippen LogP contribution < -0.4 is 16.4 Å². The Bertz CT molecular complexity index is 841. The van der Waals surface area contributed by atoms with Crippen LogP contribution in [0.5, 0.6) is 0 Å². The lowest BCUT2D eigenvalue weighted by Crippen LogP contribution is -2.17. The molecule has 0 fully saturated rings. The summed E-state index contributed by atoms with van der Waals surface area (Å²) in [5.41, 5.74) is 4.88. The Morgan fingerprint density at radius 1 is 0.966 bits per heavy atom. The van der Waals surface area contributed by atoms with Crippen LogP contribution in [0.1, 0.15) is 38.2 Å². The lowest BCUT2D eigenvalue weighted by atomic mass is 10.3. The summed E-state index contributed by atoms with van der Waals surface area (Å²) >= 11 is 18.1. The summed E-state index contributed by atoms with van der Waals surface area (Å²) in [5, 5.41) is 15.2. The molecule has 0 saturated heterocycles. The Morgan fingerprint density at radius 3 is 1.83 bits per heavy atom. The second kappa shape index (κ2) is 11.4. The zero-order chi connectivity index (χ0) is 22.3. The summed E-state index contributed by atoms with van der Waals surface area (Å²) in [6, 6.07) is 0.619. The zero-order valence-corrected chi connectivity index (χ0v) is 19.5. The topological polar surface area (TPSA) is 139 Å². The number of rotatable bonds is 6. The van der Waals surface area contributed by atoms with Gasteiger partial charge in [-0.1, -0.05) is 46.6 Å². The molecule has 0 spiro atoms. The highest BCUT2D eigenvalue weighted by atomic mass is 35.5. The number of nitrogens with one attached hydrogen (secondary N) is 2. The van der Waals surface area contributed by atoms with E-state index in [-0.39, 0.29) is 20.9 Å². The second-order valence-corrected chi connectivity index (χ2v) is 8.05. The normalized spacial score (nSPS) is 10.6. The molecule has 0 amide bonds. The number of aromatic nitrogens is 4. The molecule has 2 rings (SSSR count). The number of carboxylic acids is 1. The van der Waals surface area contributed by atoms with Gasteiger partial charge in [-0.2, -0.15) is 15.0 Å². The molecule has 0 radical (unpaired) electrons. The molecule has 0 aliphatic rings. The fourth-order valence-corrected chi connectivity index (χ4v) is 2.71. The average molecular weight is 483 g/mol. The minimum absolute atomic E-state index is 0.0448. The number of carbonyl (C=O) groups is 1. The summed E-state index contributed by atoms with van der Waals surface area (Å²) in [5.74, 6) is -0.0646. The maximum absolute atomic E-state index is 10.5. The van der Waals surface area contributed by atoms with E-state index in [1.807, 2.05) is 6.26 Å². The van der Waals surface area contributed by atoms with Crippen LogP contribution in [0.25, 0.3) is 0 Å². The van der Waals surface area contributed by atoms with Gasteiger partial charge in [-0.3, -0.25) is 0 Å². The van der Waals surface area contributed by atoms with Crippen molar-refractivity contribution in [3.8, 4) is 0 Å². The number of anilines is 3. The van der Waals surface area contributed by atoms with Gasteiger partial charge in [-0.25, -0.2) is 9.78 Å². The van der Waals surface area contributed by atoms with E-state index in [4.69, 9.17) is 45.6 Å². The monoisotopic (exact) mass is 481 g/mol. The first kappa shape index (κ1) is 25.3. The molecule has 2 heterocycles. The van der Waals surface area contributed by atoms with Crippen LogP contribution in [0.2, 0.25) is 15.2 Å². The molecule has 0 aliphatic heterocycles. The van der Waals surface area contributed by atoms with E-state index in [1.165, 1.54) is 11.8 Å². The van der Waals surface area contributed by atoms with E-state index in [1.54, 1.807) is 0 Å². The van der Waals surface area contributed by atoms with Crippen LogP contribution in [-0.2, 0) is 0 Å². The van der Waals surface area contributed by atoms with Gasteiger partial charge in [0.1, 0.15) is 5.02 Å². The SMILES string of the molecule is CSc1nc(NC(C)C)nc(NC(C)C)n1.Nc1c(Cl)c(Cl)nc(C(=O)O)c1Cl. The molecule has 0 saturated carbocycles. The summed E-state index contributed by atoms with van der Waals surface area (Å²) in [6.07, 6.45) is 1.95. The van der Waals surface area contributed by atoms with Gasteiger partial charge < -0.3 is 21.5 Å². The molecule has 29 heavy (non-hydrogen) atoms. The lowest BCUT2D eigenvalue weighted by molar-refractivity contribution is 0.0691. The molecule has 0 aromatic carbocycles. The predicted octanol–water partition coefficient (Wildman–Crippen LogP) is 4.56. The van der Waals surface area contributed by atoms with E-state index in [2.05, 4.69) is 58.3 Å². The first-order chi connectivity index (χ1) is 13.5. The van der Waals surface area contributed by atoms with Crippen molar-refractivity contribution in [1.82, 2.24) is 19.9 Å². The van der Waals surface area contributed by atoms with Crippen molar-refractivity contribution in [3.05, 3.63) is 20.9 Å². The number of hydrogen-bond acceptors (Lipinski definition) is 9. The smallest absolute Gasteiger partial charge is 0.356 e. The average Bonchev–Trinajstić information content (AvgIpc) is 2.61. The fourth-order valence-electron chi connectivity index (χ4n) is 1.77. The van der Waals surface area contributed by atoms with E-state index in [9.17, 15) is 4.79 Å². The van der Waals surface area contributed by atoms with Gasteiger partial charge in [0.05, 0.1) is 10.7 Å². The van der Waals surface area contributed by atoms with Crippen LogP contribution in [0.3, 0.4) is 0 Å². The molecule has 0 unspecified atom stereocenters. The molecule has 2 aromatic heterocycles. The quantitative estimate of drug-likeness (QED) is 0.342. The van der Waals surface area contributed by atoms with Crippen molar-refractivity contribution in [2.24, 2.45) is 0 Å². The standard InChI is InChI=1S/C10H19N5S.C6H3Cl3N2O2/c1-6(2)11-8-13-9(12-7(3)4)15-10(14-8)16-5;7-1-3(10)2(8)5(9)11-4(1)6(12)13/h6-7H,1-5H3,(H2,11,12,13,14,15);(H2,10,11)(H,12,13). The third-order valence-corrected chi connectivity index (χ3v) is 4.59. The number of nitrogens with zero attached hydrogens (tertiary/aromatic N) is 4. The third-order valence-electron chi connectivity index (χ3n) is 2.91. The second-order valence-electron chi connectivity index (χ2n) is 6.17. The summed E-state index contributed by atoms with van der Waals surface area (Å²) < 4.78 is 0. The minimum atomic E-state index is -1.31. The molecule has 5 N–H and O–H groups in total. The largest absolute Gasteiger partial charge is 0.476 e. The van der Waals surface area contributed by atoms with Crippen LogP contribution in [0.15, 0.2) is 5.16 Å². The number of pyridine rings is 1. The highest BCUT2D eigenvalue weighted by Gasteiger charge is 2.18. The highest BCUT2D eigenvalue weighted by molar-refractivity contribution is 7.98.